The molecule has 1 aromatic rings. The fourth-order valence-electron chi connectivity index (χ4n) is 1.30. The van der Waals surface area contributed by atoms with Crippen molar-refractivity contribution in [2.45, 2.75) is 0 Å². The first-order chi connectivity index (χ1) is 9.08. The van der Waals surface area contributed by atoms with Crippen LogP contribution in [0.3, 0.4) is 0 Å². The fourth-order valence-corrected chi connectivity index (χ4v) is 1.46. The minimum Gasteiger partial charge on any atom is -0.383 e. The number of hydrogen-bond donors (Lipinski definition) is 0. The van der Waals surface area contributed by atoms with Crippen molar-refractivity contribution in [2.24, 2.45) is 0 Å². The van der Waals surface area contributed by atoms with Gasteiger partial charge >= 0.3 is 0 Å². The first-order valence-corrected chi connectivity index (χ1v) is 5.84. The molecule has 0 unspecified atom stereocenters. The molecule has 0 saturated heterocycles. The summed E-state index contributed by atoms with van der Waals surface area (Å²) in [6, 6.07) is 4.10. The first kappa shape index (κ1) is 15.3. The van der Waals surface area contributed by atoms with Gasteiger partial charge in [0.15, 0.2) is 0 Å². The minimum atomic E-state index is -0.540. The van der Waals surface area contributed by atoms with Crippen LogP contribution in [0, 0.1) is 5.82 Å². The molecule has 0 aliphatic carbocycles. The van der Waals surface area contributed by atoms with Gasteiger partial charge in [0, 0.05) is 23.8 Å². The van der Waals surface area contributed by atoms with Crippen LogP contribution in [0.1, 0.15) is 5.56 Å². The highest BCUT2D eigenvalue weighted by atomic mass is 35.5. The Morgan fingerprint density at radius 2 is 2.26 bits per heavy atom. The van der Waals surface area contributed by atoms with Crippen LogP contribution < -0.4 is 0 Å². The average Bonchev–Trinajstić information content (AvgIpc) is 2.38. The molecule has 0 fully saturated rings. The molecule has 4 nitrogen and oxygen atoms in total. The van der Waals surface area contributed by atoms with Crippen molar-refractivity contribution in [3.63, 3.8) is 0 Å². The van der Waals surface area contributed by atoms with Gasteiger partial charge in [0.05, 0.1) is 13.2 Å². The van der Waals surface area contributed by atoms with Crippen molar-refractivity contribution in [1.82, 2.24) is 4.90 Å². The highest BCUT2D eigenvalue weighted by molar-refractivity contribution is 6.30. The highest BCUT2D eigenvalue weighted by Crippen LogP contribution is 2.15. The molecule has 1 aromatic carbocycles. The van der Waals surface area contributed by atoms with Gasteiger partial charge in [-0.25, -0.2) is 4.39 Å². The van der Waals surface area contributed by atoms with Crippen molar-refractivity contribution in [3.05, 3.63) is 40.7 Å². The van der Waals surface area contributed by atoms with E-state index < -0.39 is 11.7 Å². The van der Waals surface area contributed by atoms with E-state index in [4.69, 9.17) is 16.3 Å². The smallest absolute Gasteiger partial charge is 0.253 e. The number of halogens is 2. The summed E-state index contributed by atoms with van der Waals surface area (Å²) in [7, 11) is 1.46. The van der Waals surface area contributed by atoms with E-state index in [2.05, 4.69) is 0 Å². The molecule has 6 heteroatoms. The molecule has 0 saturated carbocycles. The van der Waals surface area contributed by atoms with Gasteiger partial charge in [-0.1, -0.05) is 17.7 Å². The van der Waals surface area contributed by atoms with E-state index in [0.717, 1.165) is 17.0 Å². The second kappa shape index (κ2) is 7.66. The summed E-state index contributed by atoms with van der Waals surface area (Å²) in [6.07, 6.45) is 2.82. The summed E-state index contributed by atoms with van der Waals surface area (Å²) >= 11 is 5.61. The Balaban J connectivity index is 2.74. The standard InChI is InChI=1S/C13H13ClFNO3/c1-19-7-6-16(9-17)13(18)5-3-10-2-4-11(14)8-12(10)15/h2-5,8-9H,6-7H2,1H3/b5-3+. The van der Waals surface area contributed by atoms with Gasteiger partial charge < -0.3 is 4.74 Å². The highest BCUT2D eigenvalue weighted by Gasteiger charge is 2.09. The zero-order valence-corrected chi connectivity index (χ0v) is 11.1. The van der Waals surface area contributed by atoms with Crippen LogP contribution in [0.25, 0.3) is 6.08 Å². The second-order valence-corrected chi connectivity index (χ2v) is 4.07. The topological polar surface area (TPSA) is 46.6 Å². The molecule has 0 radical (unpaired) electrons. The van der Waals surface area contributed by atoms with E-state index in [1.807, 2.05) is 0 Å². The number of rotatable bonds is 6. The zero-order valence-electron chi connectivity index (χ0n) is 10.3. The van der Waals surface area contributed by atoms with Crippen LogP contribution in [-0.2, 0) is 14.3 Å². The zero-order chi connectivity index (χ0) is 14.3. The molecule has 2 amide bonds. The Kier molecular flexibility index (Phi) is 6.18. The van der Waals surface area contributed by atoms with Gasteiger partial charge in [0.2, 0.25) is 6.41 Å². The predicted octanol–water partition coefficient (Wildman–Crippen LogP) is 2.12. The van der Waals surface area contributed by atoms with Gasteiger partial charge in [0.25, 0.3) is 5.91 Å². The monoisotopic (exact) mass is 285 g/mol. The van der Waals surface area contributed by atoms with Crippen molar-refractivity contribution in [1.29, 1.82) is 0 Å². The number of amides is 2. The molecule has 19 heavy (non-hydrogen) atoms. The van der Waals surface area contributed by atoms with Crippen LogP contribution in [0.2, 0.25) is 5.02 Å². The Hall–Kier alpha value is -1.72. The van der Waals surface area contributed by atoms with Gasteiger partial charge in [-0.2, -0.15) is 0 Å². The predicted molar refractivity (Wildman–Crippen MR) is 70.1 cm³/mol. The fraction of sp³-hybridized carbons (Fsp3) is 0.231. The molecule has 0 heterocycles. The maximum Gasteiger partial charge on any atom is 0.253 e. The lowest BCUT2D eigenvalue weighted by atomic mass is 10.2. The third kappa shape index (κ3) is 4.81. The molecule has 0 N–H and O–H groups in total. The lowest BCUT2D eigenvalue weighted by molar-refractivity contribution is -0.135. The SMILES string of the molecule is COCCN(C=O)C(=O)/C=C/c1ccc(Cl)cc1F. The normalized spacial score (nSPS) is 10.7. The van der Waals surface area contributed by atoms with Crippen molar-refractivity contribution in [2.75, 3.05) is 20.3 Å². The molecule has 0 spiro atoms. The Labute approximate surface area is 115 Å². The molecular weight excluding hydrogens is 273 g/mol. The van der Waals surface area contributed by atoms with E-state index in [-0.39, 0.29) is 23.7 Å². The quantitative estimate of drug-likeness (QED) is 0.594. The molecule has 1 rings (SSSR count). The minimum absolute atomic E-state index is 0.145. The molecule has 102 valence electrons. The molecule has 0 atom stereocenters. The second-order valence-electron chi connectivity index (χ2n) is 3.63. The largest absolute Gasteiger partial charge is 0.383 e. The number of nitrogens with zero attached hydrogens (tertiary/aromatic N) is 1. The lowest BCUT2D eigenvalue weighted by Gasteiger charge is -2.12. The first-order valence-electron chi connectivity index (χ1n) is 5.46. The molecule has 0 aliphatic heterocycles. The van der Waals surface area contributed by atoms with Crippen LogP contribution >= 0.6 is 11.6 Å². The van der Waals surface area contributed by atoms with Crippen molar-refractivity contribution >= 4 is 30.0 Å². The number of carbonyl (C=O) groups is 2. The van der Waals surface area contributed by atoms with E-state index in [0.29, 0.717) is 6.41 Å². The summed E-state index contributed by atoms with van der Waals surface area (Å²) < 4.78 is 18.2. The average molecular weight is 286 g/mol. The molecule has 0 aliphatic rings. The maximum absolute atomic E-state index is 13.4. The number of ether oxygens (including phenoxy) is 1. The van der Waals surface area contributed by atoms with E-state index in [1.54, 1.807) is 0 Å². The summed E-state index contributed by atoms with van der Waals surface area (Å²) in [5, 5.41) is 0.274. The van der Waals surface area contributed by atoms with Gasteiger partial charge in [-0.15, -0.1) is 0 Å². The summed E-state index contributed by atoms with van der Waals surface area (Å²) in [4.78, 5) is 23.3. The van der Waals surface area contributed by atoms with Crippen LogP contribution in [0.15, 0.2) is 24.3 Å². The number of hydrogen-bond acceptors (Lipinski definition) is 3. The summed E-state index contributed by atoms with van der Waals surface area (Å²) in [5.74, 6) is -1.08. The summed E-state index contributed by atoms with van der Waals surface area (Å²) in [6.45, 7) is 0.389. The number of methoxy groups -OCH3 is 1. The van der Waals surface area contributed by atoms with Crippen molar-refractivity contribution in [3.8, 4) is 0 Å². The van der Waals surface area contributed by atoms with E-state index in [1.165, 1.54) is 25.3 Å². The van der Waals surface area contributed by atoms with Gasteiger partial charge in [0.1, 0.15) is 5.82 Å². The van der Waals surface area contributed by atoms with Crippen LogP contribution in [0.4, 0.5) is 4.39 Å². The number of benzene rings is 1. The lowest BCUT2D eigenvalue weighted by Crippen LogP contribution is -2.31. The van der Waals surface area contributed by atoms with E-state index in [9.17, 15) is 14.0 Å². The third-order valence-electron chi connectivity index (χ3n) is 2.31. The van der Waals surface area contributed by atoms with Crippen molar-refractivity contribution < 1.29 is 18.7 Å². The Bertz CT molecular complexity index is 491. The maximum atomic E-state index is 13.4. The third-order valence-corrected chi connectivity index (χ3v) is 2.55. The summed E-state index contributed by atoms with van der Waals surface area (Å²) in [5.41, 5.74) is 0.218. The van der Waals surface area contributed by atoms with Gasteiger partial charge in [-0.05, 0) is 18.2 Å². The van der Waals surface area contributed by atoms with Gasteiger partial charge in [-0.3, -0.25) is 14.5 Å². The van der Waals surface area contributed by atoms with Crippen LogP contribution in [-0.4, -0.2) is 37.5 Å². The number of imide groups is 1. The molecule has 0 aromatic heterocycles. The molecule has 0 bridgehead atoms. The Morgan fingerprint density at radius 3 is 2.84 bits per heavy atom. The van der Waals surface area contributed by atoms with E-state index >= 15 is 0 Å². The number of carbonyl (C=O) groups excluding carboxylic acids is 2. The Morgan fingerprint density at radius 1 is 1.53 bits per heavy atom. The van der Waals surface area contributed by atoms with Crippen LogP contribution in [0.5, 0.6) is 0 Å². The molecular formula is C13H13ClFNO3.